The van der Waals surface area contributed by atoms with Gasteiger partial charge in [-0.2, -0.15) is 0 Å². The summed E-state index contributed by atoms with van der Waals surface area (Å²) in [7, 11) is 1.27. The molecule has 0 heterocycles. The first-order chi connectivity index (χ1) is 12.1. The molecule has 2 aromatic carbocycles. The summed E-state index contributed by atoms with van der Waals surface area (Å²) in [5.74, 6) is -0.569. The van der Waals surface area contributed by atoms with E-state index in [2.05, 4.69) is 5.32 Å². The lowest BCUT2D eigenvalue weighted by Gasteiger charge is -2.13. The smallest absolute Gasteiger partial charge is 0.408 e. The van der Waals surface area contributed by atoms with Crippen molar-refractivity contribution < 1.29 is 19.1 Å². The molecule has 0 bridgehead atoms. The molecule has 0 radical (unpaired) electrons. The number of hydrogen-bond acceptors (Lipinski definition) is 4. The Balaban J connectivity index is 1.97. The SMILES string of the molecule is COC(=O)C(/C=C/c1cccc(C)c1)NC(=O)OCc1ccccc1. The molecule has 1 unspecified atom stereocenters. The Morgan fingerprint density at radius 1 is 1.12 bits per heavy atom. The van der Waals surface area contributed by atoms with Gasteiger partial charge < -0.3 is 14.8 Å². The van der Waals surface area contributed by atoms with E-state index in [1.807, 2.05) is 61.5 Å². The zero-order valence-corrected chi connectivity index (χ0v) is 14.3. The second-order valence-corrected chi connectivity index (χ2v) is 5.48. The number of carbonyl (C=O) groups excluding carboxylic acids is 2. The second-order valence-electron chi connectivity index (χ2n) is 5.48. The molecule has 1 N–H and O–H groups in total. The van der Waals surface area contributed by atoms with Crippen LogP contribution >= 0.6 is 0 Å². The van der Waals surface area contributed by atoms with E-state index in [-0.39, 0.29) is 6.61 Å². The number of methoxy groups -OCH3 is 1. The van der Waals surface area contributed by atoms with Gasteiger partial charge in [0, 0.05) is 0 Å². The number of rotatable bonds is 6. The average Bonchev–Trinajstić information content (AvgIpc) is 2.63. The Hall–Kier alpha value is -3.08. The van der Waals surface area contributed by atoms with Crippen LogP contribution in [0.5, 0.6) is 0 Å². The Kier molecular flexibility index (Phi) is 6.77. The third-order valence-corrected chi connectivity index (χ3v) is 3.46. The van der Waals surface area contributed by atoms with Gasteiger partial charge >= 0.3 is 12.1 Å². The van der Waals surface area contributed by atoms with Crippen molar-refractivity contribution in [1.29, 1.82) is 0 Å². The summed E-state index contributed by atoms with van der Waals surface area (Å²) >= 11 is 0. The van der Waals surface area contributed by atoms with Crippen LogP contribution in [0.1, 0.15) is 16.7 Å². The molecule has 0 aliphatic rings. The molecule has 2 aromatic rings. The summed E-state index contributed by atoms with van der Waals surface area (Å²) in [5.41, 5.74) is 2.89. The molecule has 2 rings (SSSR count). The number of aryl methyl sites for hydroxylation is 1. The first kappa shape index (κ1) is 18.3. The Bertz CT molecular complexity index is 740. The first-order valence-corrected chi connectivity index (χ1v) is 7.88. The molecule has 0 aliphatic heterocycles. The lowest BCUT2D eigenvalue weighted by atomic mass is 10.1. The van der Waals surface area contributed by atoms with Crippen LogP contribution in [0.15, 0.2) is 60.7 Å². The molecule has 0 saturated heterocycles. The maximum absolute atomic E-state index is 11.9. The van der Waals surface area contributed by atoms with Gasteiger partial charge in [-0.05, 0) is 18.1 Å². The zero-order chi connectivity index (χ0) is 18.1. The van der Waals surface area contributed by atoms with Gasteiger partial charge in [0.15, 0.2) is 0 Å². The van der Waals surface area contributed by atoms with Gasteiger partial charge in [0.1, 0.15) is 12.6 Å². The highest BCUT2D eigenvalue weighted by molar-refractivity contribution is 5.84. The summed E-state index contributed by atoms with van der Waals surface area (Å²) in [6.07, 6.45) is 2.64. The summed E-state index contributed by atoms with van der Waals surface area (Å²) < 4.78 is 9.86. The lowest BCUT2D eigenvalue weighted by Crippen LogP contribution is -2.40. The van der Waals surface area contributed by atoms with E-state index in [9.17, 15) is 9.59 Å². The van der Waals surface area contributed by atoms with Crippen molar-refractivity contribution in [3.8, 4) is 0 Å². The van der Waals surface area contributed by atoms with Crippen molar-refractivity contribution in [2.24, 2.45) is 0 Å². The van der Waals surface area contributed by atoms with Crippen LogP contribution in [-0.4, -0.2) is 25.2 Å². The molecule has 25 heavy (non-hydrogen) atoms. The number of benzene rings is 2. The number of alkyl carbamates (subject to hydrolysis) is 1. The van der Waals surface area contributed by atoms with Gasteiger partial charge in [0.2, 0.25) is 0 Å². The zero-order valence-electron chi connectivity index (χ0n) is 14.3. The highest BCUT2D eigenvalue weighted by Gasteiger charge is 2.19. The van der Waals surface area contributed by atoms with E-state index in [0.717, 1.165) is 16.7 Å². The van der Waals surface area contributed by atoms with Crippen molar-refractivity contribution >= 4 is 18.1 Å². The van der Waals surface area contributed by atoms with Crippen LogP contribution in [0, 0.1) is 6.92 Å². The summed E-state index contributed by atoms with van der Waals surface area (Å²) in [6, 6.07) is 16.2. The molecular formula is C20H21NO4. The summed E-state index contributed by atoms with van der Waals surface area (Å²) in [6.45, 7) is 2.11. The number of amides is 1. The Morgan fingerprint density at radius 2 is 1.88 bits per heavy atom. The number of hydrogen-bond donors (Lipinski definition) is 1. The van der Waals surface area contributed by atoms with Crippen LogP contribution in [0.4, 0.5) is 4.79 Å². The Labute approximate surface area is 147 Å². The molecule has 130 valence electrons. The molecular weight excluding hydrogens is 318 g/mol. The van der Waals surface area contributed by atoms with E-state index in [1.165, 1.54) is 7.11 Å². The largest absolute Gasteiger partial charge is 0.467 e. The van der Waals surface area contributed by atoms with Crippen LogP contribution in [0.25, 0.3) is 6.08 Å². The van der Waals surface area contributed by atoms with Crippen molar-refractivity contribution in [3.05, 3.63) is 77.4 Å². The number of ether oxygens (including phenoxy) is 2. The van der Waals surface area contributed by atoms with E-state index in [0.29, 0.717) is 0 Å². The molecule has 0 aromatic heterocycles. The lowest BCUT2D eigenvalue weighted by molar-refractivity contribution is -0.141. The van der Waals surface area contributed by atoms with Gasteiger partial charge in [0.25, 0.3) is 0 Å². The quantitative estimate of drug-likeness (QED) is 0.819. The van der Waals surface area contributed by atoms with Gasteiger partial charge in [0.05, 0.1) is 7.11 Å². The van der Waals surface area contributed by atoms with Crippen molar-refractivity contribution in [1.82, 2.24) is 5.32 Å². The maximum atomic E-state index is 11.9. The van der Waals surface area contributed by atoms with Gasteiger partial charge in [-0.25, -0.2) is 9.59 Å². The third-order valence-electron chi connectivity index (χ3n) is 3.46. The van der Waals surface area contributed by atoms with Crippen LogP contribution in [0.3, 0.4) is 0 Å². The molecule has 5 nitrogen and oxygen atoms in total. The van der Waals surface area contributed by atoms with Gasteiger partial charge in [-0.1, -0.05) is 72.3 Å². The monoisotopic (exact) mass is 339 g/mol. The minimum absolute atomic E-state index is 0.127. The molecule has 1 atom stereocenters. The average molecular weight is 339 g/mol. The van der Waals surface area contributed by atoms with Gasteiger partial charge in [-0.15, -0.1) is 0 Å². The minimum atomic E-state index is -0.922. The normalized spacial score (nSPS) is 11.8. The van der Waals surface area contributed by atoms with Gasteiger partial charge in [-0.3, -0.25) is 0 Å². The fourth-order valence-electron chi connectivity index (χ4n) is 2.19. The van der Waals surface area contributed by atoms with E-state index < -0.39 is 18.1 Å². The second kappa shape index (κ2) is 9.27. The molecule has 0 fully saturated rings. The molecule has 5 heteroatoms. The van der Waals surface area contributed by atoms with Crippen molar-refractivity contribution in [2.75, 3.05) is 7.11 Å². The van der Waals surface area contributed by atoms with E-state index in [1.54, 1.807) is 12.2 Å². The summed E-state index contributed by atoms with van der Waals surface area (Å²) in [4.78, 5) is 23.8. The van der Waals surface area contributed by atoms with Crippen LogP contribution < -0.4 is 5.32 Å². The van der Waals surface area contributed by atoms with Crippen molar-refractivity contribution in [3.63, 3.8) is 0 Å². The third kappa shape index (κ3) is 6.14. The highest BCUT2D eigenvalue weighted by Crippen LogP contribution is 2.07. The summed E-state index contributed by atoms with van der Waals surface area (Å²) in [5, 5.41) is 2.50. The fourth-order valence-corrected chi connectivity index (χ4v) is 2.19. The number of nitrogens with one attached hydrogen (secondary N) is 1. The molecule has 0 saturated carbocycles. The highest BCUT2D eigenvalue weighted by atomic mass is 16.6. The number of carbonyl (C=O) groups is 2. The molecule has 1 amide bonds. The minimum Gasteiger partial charge on any atom is -0.467 e. The standard InChI is InChI=1S/C20H21NO4/c1-15-7-6-10-16(13-15)11-12-18(19(22)24-2)21-20(23)25-14-17-8-4-3-5-9-17/h3-13,18H,14H2,1-2H3,(H,21,23)/b12-11+. The molecule has 0 spiro atoms. The van der Waals surface area contributed by atoms with Crippen molar-refractivity contribution in [2.45, 2.75) is 19.6 Å². The van der Waals surface area contributed by atoms with Crippen LogP contribution in [-0.2, 0) is 20.9 Å². The fraction of sp³-hybridized carbons (Fsp3) is 0.200. The van der Waals surface area contributed by atoms with E-state index >= 15 is 0 Å². The predicted molar refractivity (Wildman–Crippen MR) is 95.8 cm³/mol. The predicted octanol–water partition coefficient (Wildman–Crippen LogP) is 3.48. The van der Waals surface area contributed by atoms with Crippen LogP contribution in [0.2, 0.25) is 0 Å². The number of esters is 1. The topological polar surface area (TPSA) is 64.6 Å². The first-order valence-electron chi connectivity index (χ1n) is 7.88. The van der Waals surface area contributed by atoms with E-state index in [4.69, 9.17) is 9.47 Å². The molecule has 0 aliphatic carbocycles. The Morgan fingerprint density at radius 3 is 2.56 bits per heavy atom. The maximum Gasteiger partial charge on any atom is 0.408 e.